The molecule has 0 unspecified atom stereocenters. The molecule has 9 heteroatoms. The normalized spacial score (nSPS) is 11.2. The molecule has 0 aliphatic heterocycles. The van der Waals surface area contributed by atoms with Gasteiger partial charge in [0.25, 0.3) is 15.9 Å². The Balaban J connectivity index is 1.70. The van der Waals surface area contributed by atoms with Gasteiger partial charge in [-0.15, -0.1) is 0 Å². The molecule has 0 aliphatic rings. The Kier molecular flexibility index (Phi) is 8.83. The smallest absolute Gasteiger partial charge is 0.264 e. The van der Waals surface area contributed by atoms with E-state index in [1.807, 2.05) is 6.07 Å². The lowest BCUT2D eigenvalue weighted by Gasteiger charge is -2.19. The number of rotatable bonds is 10. The van der Waals surface area contributed by atoms with Crippen LogP contribution in [0.15, 0.2) is 71.6 Å². The molecule has 0 radical (unpaired) electrons. The molecule has 3 rings (SSSR count). The minimum atomic E-state index is -3.75. The van der Waals surface area contributed by atoms with E-state index in [4.69, 9.17) is 27.9 Å². The van der Waals surface area contributed by atoms with Gasteiger partial charge in [-0.3, -0.25) is 9.10 Å². The van der Waals surface area contributed by atoms with Crippen molar-refractivity contribution in [2.75, 3.05) is 23.3 Å². The quantitative estimate of drug-likeness (QED) is 0.304. The molecular formula is C25H26Cl2N2O4S. The maximum Gasteiger partial charge on any atom is 0.264 e. The fraction of sp³-hybridized carbons (Fsp3) is 0.240. The molecule has 0 fully saturated rings. The van der Waals surface area contributed by atoms with Crippen LogP contribution in [0.3, 0.4) is 0 Å². The van der Waals surface area contributed by atoms with E-state index in [0.717, 1.165) is 19.3 Å². The topological polar surface area (TPSA) is 75.7 Å². The number of ether oxygens (including phenoxy) is 1. The summed E-state index contributed by atoms with van der Waals surface area (Å²) in [5, 5.41) is 3.23. The first-order valence-corrected chi connectivity index (χ1v) is 13.0. The van der Waals surface area contributed by atoms with Crippen LogP contribution in [-0.4, -0.2) is 28.0 Å². The maximum atomic E-state index is 12.9. The Morgan fingerprint density at radius 1 is 0.971 bits per heavy atom. The molecule has 6 nitrogen and oxygen atoms in total. The van der Waals surface area contributed by atoms with E-state index in [2.05, 4.69) is 12.2 Å². The Morgan fingerprint density at radius 3 is 2.18 bits per heavy atom. The molecular weight excluding hydrogens is 495 g/mol. The highest BCUT2D eigenvalue weighted by Gasteiger charge is 2.21. The van der Waals surface area contributed by atoms with E-state index >= 15 is 0 Å². The monoisotopic (exact) mass is 520 g/mol. The van der Waals surface area contributed by atoms with Crippen molar-refractivity contribution < 1.29 is 17.9 Å². The Labute approximate surface area is 210 Å². The molecule has 0 atom stereocenters. The van der Waals surface area contributed by atoms with E-state index < -0.39 is 15.9 Å². The number of nitrogens with zero attached hydrogens (tertiary/aromatic N) is 1. The van der Waals surface area contributed by atoms with E-state index in [1.54, 1.807) is 24.3 Å². The third-order valence-corrected chi connectivity index (χ3v) is 7.51. The summed E-state index contributed by atoms with van der Waals surface area (Å²) in [7, 11) is -2.25. The number of hydrogen-bond donors (Lipinski definition) is 1. The first kappa shape index (κ1) is 25.9. The molecule has 0 spiro atoms. The second-order valence-electron chi connectivity index (χ2n) is 7.61. The summed E-state index contributed by atoms with van der Waals surface area (Å²) in [5.74, 6) is -0.0774. The van der Waals surface area contributed by atoms with Crippen molar-refractivity contribution in [3.63, 3.8) is 0 Å². The molecule has 0 aromatic heterocycles. The first-order chi connectivity index (χ1) is 16.2. The number of anilines is 2. The van der Waals surface area contributed by atoms with Gasteiger partial charge in [-0.2, -0.15) is 0 Å². The zero-order valence-corrected chi connectivity index (χ0v) is 21.3. The van der Waals surface area contributed by atoms with Crippen molar-refractivity contribution in [2.24, 2.45) is 0 Å². The van der Waals surface area contributed by atoms with Gasteiger partial charge >= 0.3 is 0 Å². The fourth-order valence-electron chi connectivity index (χ4n) is 3.20. The van der Waals surface area contributed by atoms with Crippen molar-refractivity contribution in [2.45, 2.75) is 31.1 Å². The van der Waals surface area contributed by atoms with Crippen LogP contribution in [0.2, 0.25) is 10.0 Å². The number of amides is 1. The molecule has 0 saturated carbocycles. The molecule has 34 heavy (non-hydrogen) atoms. The van der Waals surface area contributed by atoms with E-state index in [-0.39, 0.29) is 20.5 Å². The van der Waals surface area contributed by atoms with Crippen LogP contribution in [0.1, 0.15) is 36.5 Å². The maximum absolute atomic E-state index is 12.9. The van der Waals surface area contributed by atoms with E-state index in [0.29, 0.717) is 23.7 Å². The summed E-state index contributed by atoms with van der Waals surface area (Å²) >= 11 is 12.6. The zero-order chi connectivity index (χ0) is 24.7. The van der Waals surface area contributed by atoms with Gasteiger partial charge in [0, 0.05) is 18.3 Å². The summed E-state index contributed by atoms with van der Waals surface area (Å²) in [5.41, 5.74) is 1.24. The number of benzene rings is 3. The van der Waals surface area contributed by atoms with Gasteiger partial charge in [-0.1, -0.05) is 61.2 Å². The van der Waals surface area contributed by atoms with Crippen LogP contribution >= 0.6 is 23.2 Å². The van der Waals surface area contributed by atoms with Gasteiger partial charge in [-0.25, -0.2) is 8.42 Å². The fourth-order valence-corrected chi connectivity index (χ4v) is 5.00. The number of nitrogens with one attached hydrogen (secondary N) is 1. The summed E-state index contributed by atoms with van der Waals surface area (Å²) < 4.78 is 32.7. The zero-order valence-electron chi connectivity index (χ0n) is 18.9. The van der Waals surface area contributed by atoms with Crippen LogP contribution in [-0.2, 0) is 10.0 Å². The van der Waals surface area contributed by atoms with Crippen molar-refractivity contribution >= 4 is 50.5 Å². The van der Waals surface area contributed by atoms with Crippen LogP contribution in [0.5, 0.6) is 5.75 Å². The highest BCUT2D eigenvalue weighted by atomic mass is 35.5. The second-order valence-corrected chi connectivity index (χ2v) is 10.4. The summed E-state index contributed by atoms with van der Waals surface area (Å²) in [4.78, 5) is 12.8. The predicted octanol–water partition coefficient (Wildman–Crippen LogP) is 6.64. The first-order valence-electron chi connectivity index (χ1n) is 10.8. The Morgan fingerprint density at radius 2 is 1.59 bits per heavy atom. The SMILES string of the molecule is CCCCCOc1c(Cl)cc(C(=O)Nc2ccc(S(=O)(=O)N(C)c3ccccc3)cc2)cc1Cl. The average molecular weight is 521 g/mol. The van der Waals surface area contributed by atoms with Crippen molar-refractivity contribution in [3.8, 4) is 5.75 Å². The largest absolute Gasteiger partial charge is 0.490 e. The van der Waals surface area contributed by atoms with E-state index in [1.165, 1.54) is 47.8 Å². The standard InChI is InChI=1S/C25H26Cl2N2O4S/c1-3-4-8-15-33-24-22(26)16-18(17-23(24)27)25(30)28-19-11-13-21(14-12-19)34(31,32)29(2)20-9-6-5-7-10-20/h5-7,9-14,16-17H,3-4,8,15H2,1-2H3,(H,28,30). The summed E-state index contributed by atoms with van der Waals surface area (Å²) in [6, 6.07) is 17.7. The van der Waals surface area contributed by atoms with E-state index in [9.17, 15) is 13.2 Å². The number of halogens is 2. The van der Waals surface area contributed by atoms with Gasteiger partial charge in [0.05, 0.1) is 27.2 Å². The van der Waals surface area contributed by atoms with Gasteiger partial charge in [0.2, 0.25) is 0 Å². The second kappa shape index (κ2) is 11.6. The number of para-hydroxylation sites is 1. The molecule has 180 valence electrons. The molecule has 0 bridgehead atoms. The number of carbonyl (C=O) groups is 1. The Bertz CT molecular complexity index is 1210. The van der Waals surface area contributed by atoms with Crippen molar-refractivity contribution in [1.29, 1.82) is 0 Å². The highest BCUT2D eigenvalue weighted by Crippen LogP contribution is 2.34. The number of hydrogen-bond acceptors (Lipinski definition) is 4. The lowest BCUT2D eigenvalue weighted by molar-refractivity contribution is 0.102. The van der Waals surface area contributed by atoms with Crippen LogP contribution in [0, 0.1) is 0 Å². The van der Waals surface area contributed by atoms with Gasteiger partial charge in [0.1, 0.15) is 0 Å². The molecule has 1 amide bonds. The van der Waals surface area contributed by atoms with Gasteiger partial charge in [0.15, 0.2) is 5.75 Å². The molecule has 0 heterocycles. The summed E-state index contributed by atoms with van der Waals surface area (Å²) in [6.07, 6.45) is 3.00. The lowest BCUT2D eigenvalue weighted by Crippen LogP contribution is -2.26. The lowest BCUT2D eigenvalue weighted by atomic mass is 10.2. The van der Waals surface area contributed by atoms with Gasteiger partial charge < -0.3 is 10.1 Å². The third-order valence-electron chi connectivity index (χ3n) is 5.15. The molecule has 0 saturated heterocycles. The minimum Gasteiger partial charge on any atom is -0.490 e. The van der Waals surface area contributed by atoms with Crippen molar-refractivity contribution in [3.05, 3.63) is 82.3 Å². The van der Waals surface area contributed by atoms with Crippen LogP contribution in [0.25, 0.3) is 0 Å². The predicted molar refractivity (Wildman–Crippen MR) is 138 cm³/mol. The molecule has 0 aliphatic carbocycles. The third kappa shape index (κ3) is 6.23. The average Bonchev–Trinajstić information content (AvgIpc) is 2.83. The highest BCUT2D eigenvalue weighted by molar-refractivity contribution is 7.92. The summed E-state index contributed by atoms with van der Waals surface area (Å²) in [6.45, 7) is 2.59. The molecule has 1 N–H and O–H groups in total. The molecule has 3 aromatic rings. The van der Waals surface area contributed by atoms with Crippen LogP contribution in [0.4, 0.5) is 11.4 Å². The minimum absolute atomic E-state index is 0.104. The number of unbranched alkanes of at least 4 members (excludes halogenated alkanes) is 2. The van der Waals surface area contributed by atoms with Crippen LogP contribution < -0.4 is 14.4 Å². The van der Waals surface area contributed by atoms with Crippen molar-refractivity contribution in [1.82, 2.24) is 0 Å². The number of sulfonamides is 1. The number of carbonyl (C=O) groups excluding carboxylic acids is 1. The Hall–Kier alpha value is -2.74. The molecule has 3 aromatic carbocycles. The van der Waals surface area contributed by atoms with Gasteiger partial charge in [-0.05, 0) is 55.0 Å².